The van der Waals surface area contributed by atoms with E-state index in [9.17, 15) is 22.8 Å². The molecule has 210 valence electrons. The van der Waals surface area contributed by atoms with E-state index in [1.54, 1.807) is 24.0 Å². The van der Waals surface area contributed by atoms with Gasteiger partial charge in [0.1, 0.15) is 6.26 Å². The van der Waals surface area contributed by atoms with E-state index < -0.39 is 11.7 Å². The van der Waals surface area contributed by atoms with Crippen molar-refractivity contribution >= 4 is 23.6 Å². The molecule has 1 fully saturated rings. The van der Waals surface area contributed by atoms with Crippen molar-refractivity contribution < 1.29 is 36.3 Å². The predicted molar refractivity (Wildman–Crippen MR) is 135 cm³/mol. The van der Waals surface area contributed by atoms with Gasteiger partial charge < -0.3 is 18.5 Å². The van der Waals surface area contributed by atoms with Crippen LogP contribution in [0.2, 0.25) is 0 Å². The number of oxazole rings is 1. The summed E-state index contributed by atoms with van der Waals surface area (Å²) in [4.78, 5) is 31.0. The molecule has 1 unspecified atom stereocenters. The van der Waals surface area contributed by atoms with Crippen LogP contribution in [0.1, 0.15) is 41.7 Å². The number of esters is 1. The highest BCUT2D eigenvalue weighted by Gasteiger charge is 2.32. The number of ether oxygens (including phenoxy) is 1. The summed E-state index contributed by atoms with van der Waals surface area (Å²) in [7, 11) is 0. The standard InChI is InChI=1S/C26H24F3N5O5S/c1-2-37-24(36)16-6-4-10-33(13-16)23(35)19-14-39-21(30-19)15-40-25-32-31-22(20-9-5-11-38-20)34(25)18-8-3-7-17(12-18)26(27,28)29/h3,5,7-9,11-12,14,16H,2,4,6,10,13,15H2,1H3. The number of alkyl halides is 3. The molecule has 4 aromatic rings. The minimum absolute atomic E-state index is 0.0933. The van der Waals surface area contributed by atoms with Crippen molar-refractivity contribution in [1.82, 2.24) is 24.6 Å². The van der Waals surface area contributed by atoms with Gasteiger partial charge in [-0.05, 0) is 50.1 Å². The molecule has 10 nitrogen and oxygen atoms in total. The maximum atomic E-state index is 13.4. The van der Waals surface area contributed by atoms with Gasteiger partial charge in [0, 0.05) is 13.1 Å². The Balaban J connectivity index is 1.34. The minimum Gasteiger partial charge on any atom is -0.466 e. The van der Waals surface area contributed by atoms with E-state index in [-0.39, 0.29) is 65.0 Å². The van der Waals surface area contributed by atoms with E-state index in [1.807, 2.05) is 0 Å². The molecule has 4 heterocycles. The van der Waals surface area contributed by atoms with E-state index in [2.05, 4.69) is 15.2 Å². The Morgan fingerprint density at radius 3 is 2.77 bits per heavy atom. The number of nitrogens with zero attached hydrogens (tertiary/aromatic N) is 5. The van der Waals surface area contributed by atoms with Gasteiger partial charge in [-0.2, -0.15) is 13.2 Å². The molecule has 1 aromatic carbocycles. The van der Waals surface area contributed by atoms with E-state index in [0.717, 1.165) is 23.9 Å². The van der Waals surface area contributed by atoms with Crippen LogP contribution in [0.25, 0.3) is 17.3 Å². The van der Waals surface area contributed by atoms with Crippen LogP contribution < -0.4 is 0 Å². The van der Waals surface area contributed by atoms with Crippen LogP contribution in [0.5, 0.6) is 0 Å². The molecule has 1 amide bonds. The van der Waals surface area contributed by atoms with Gasteiger partial charge in [0.05, 0.1) is 35.8 Å². The number of likely N-dealkylation sites (tertiary alicyclic amines) is 1. The summed E-state index contributed by atoms with van der Waals surface area (Å²) in [5.74, 6) is -0.193. The third-order valence-electron chi connectivity index (χ3n) is 6.23. The Morgan fingerprint density at radius 1 is 1.18 bits per heavy atom. The molecule has 0 radical (unpaired) electrons. The van der Waals surface area contributed by atoms with Crippen molar-refractivity contribution in [3.8, 4) is 17.3 Å². The highest BCUT2D eigenvalue weighted by molar-refractivity contribution is 7.98. The number of rotatable bonds is 8. The normalized spacial score (nSPS) is 15.8. The first-order valence-corrected chi connectivity index (χ1v) is 13.4. The molecule has 0 aliphatic carbocycles. The van der Waals surface area contributed by atoms with Crippen LogP contribution in [0.3, 0.4) is 0 Å². The fourth-order valence-electron chi connectivity index (χ4n) is 4.36. The summed E-state index contributed by atoms with van der Waals surface area (Å²) in [5.41, 5.74) is -0.534. The van der Waals surface area contributed by atoms with Crippen molar-refractivity contribution in [2.45, 2.75) is 36.9 Å². The maximum Gasteiger partial charge on any atom is 0.416 e. The van der Waals surface area contributed by atoms with Crippen molar-refractivity contribution in [1.29, 1.82) is 0 Å². The molecule has 0 saturated carbocycles. The first-order chi connectivity index (χ1) is 19.2. The minimum atomic E-state index is -4.53. The lowest BCUT2D eigenvalue weighted by Gasteiger charge is -2.30. The molecular weight excluding hydrogens is 551 g/mol. The lowest BCUT2D eigenvalue weighted by Crippen LogP contribution is -2.43. The molecule has 1 saturated heterocycles. The first kappa shape index (κ1) is 27.5. The van der Waals surface area contributed by atoms with Gasteiger partial charge in [0.25, 0.3) is 5.91 Å². The number of furan rings is 1. The lowest BCUT2D eigenvalue weighted by atomic mass is 9.98. The number of hydrogen-bond donors (Lipinski definition) is 0. The third-order valence-corrected chi connectivity index (χ3v) is 7.14. The zero-order valence-corrected chi connectivity index (χ0v) is 22.1. The zero-order chi connectivity index (χ0) is 28.3. The van der Waals surface area contributed by atoms with Gasteiger partial charge in [0.15, 0.2) is 16.6 Å². The largest absolute Gasteiger partial charge is 0.466 e. The molecule has 1 aliphatic heterocycles. The maximum absolute atomic E-state index is 13.4. The lowest BCUT2D eigenvalue weighted by molar-refractivity contribution is -0.149. The van der Waals surface area contributed by atoms with Crippen LogP contribution in [-0.2, 0) is 21.5 Å². The number of benzene rings is 1. The van der Waals surface area contributed by atoms with Crippen molar-refractivity contribution in [2.75, 3.05) is 19.7 Å². The molecule has 3 aromatic heterocycles. The third kappa shape index (κ3) is 5.91. The summed E-state index contributed by atoms with van der Waals surface area (Å²) in [5, 5.41) is 8.56. The van der Waals surface area contributed by atoms with Crippen molar-refractivity contribution in [3.05, 3.63) is 66.1 Å². The monoisotopic (exact) mass is 575 g/mol. The highest BCUT2D eigenvalue weighted by Crippen LogP contribution is 2.34. The fourth-order valence-corrected chi connectivity index (χ4v) is 5.17. The number of halogens is 3. The summed E-state index contributed by atoms with van der Waals surface area (Å²) in [6.07, 6.45) is -0.545. The molecule has 14 heteroatoms. The van der Waals surface area contributed by atoms with E-state index >= 15 is 0 Å². The smallest absolute Gasteiger partial charge is 0.416 e. The fraction of sp³-hybridized carbons (Fsp3) is 0.346. The topological polar surface area (TPSA) is 116 Å². The zero-order valence-electron chi connectivity index (χ0n) is 21.3. The van der Waals surface area contributed by atoms with Gasteiger partial charge in [-0.15, -0.1) is 10.2 Å². The molecule has 0 N–H and O–H groups in total. The summed E-state index contributed by atoms with van der Waals surface area (Å²) >= 11 is 1.12. The summed E-state index contributed by atoms with van der Waals surface area (Å²) < 4.78 is 57.7. The van der Waals surface area contributed by atoms with Crippen LogP contribution in [-0.4, -0.2) is 56.2 Å². The number of thioether (sulfide) groups is 1. The summed E-state index contributed by atoms with van der Waals surface area (Å²) in [6, 6.07) is 8.06. The molecule has 40 heavy (non-hydrogen) atoms. The SMILES string of the molecule is CCOC(=O)C1CCCN(C(=O)c2coc(CSc3nnc(-c4ccco4)n3-c3cccc(C(F)(F)F)c3)n2)C1. The predicted octanol–water partition coefficient (Wildman–Crippen LogP) is 5.24. The molecule has 1 atom stereocenters. The Kier molecular flexibility index (Phi) is 7.96. The average Bonchev–Trinajstić information content (AvgIpc) is 3.72. The van der Waals surface area contributed by atoms with Gasteiger partial charge in [-0.3, -0.25) is 14.2 Å². The second kappa shape index (κ2) is 11.6. The second-order valence-corrected chi connectivity index (χ2v) is 9.87. The Morgan fingerprint density at radius 2 is 2.02 bits per heavy atom. The molecular formula is C26H24F3N5O5S. The van der Waals surface area contributed by atoms with Gasteiger partial charge in [-0.1, -0.05) is 17.8 Å². The number of carbonyl (C=O) groups is 2. The quantitative estimate of drug-likeness (QED) is 0.205. The Labute approximate surface area is 230 Å². The Hall–Kier alpha value is -4.07. The number of amides is 1. The van der Waals surface area contributed by atoms with Gasteiger partial charge in [-0.25, -0.2) is 4.98 Å². The van der Waals surface area contributed by atoms with Gasteiger partial charge >= 0.3 is 12.1 Å². The number of aromatic nitrogens is 4. The average molecular weight is 576 g/mol. The van der Waals surface area contributed by atoms with E-state index in [1.165, 1.54) is 29.2 Å². The number of hydrogen-bond acceptors (Lipinski definition) is 9. The van der Waals surface area contributed by atoms with E-state index in [4.69, 9.17) is 13.6 Å². The van der Waals surface area contributed by atoms with Crippen LogP contribution in [0.15, 0.2) is 62.9 Å². The Bertz CT molecular complexity index is 1480. The highest BCUT2D eigenvalue weighted by atomic mass is 32.2. The van der Waals surface area contributed by atoms with Gasteiger partial charge in [0.2, 0.25) is 11.7 Å². The molecule has 1 aliphatic rings. The van der Waals surface area contributed by atoms with Crippen molar-refractivity contribution in [2.24, 2.45) is 5.92 Å². The molecule has 5 rings (SSSR count). The second-order valence-electron chi connectivity index (χ2n) is 8.92. The van der Waals surface area contributed by atoms with Crippen LogP contribution >= 0.6 is 11.8 Å². The summed E-state index contributed by atoms with van der Waals surface area (Å²) in [6.45, 7) is 2.74. The van der Waals surface area contributed by atoms with Crippen LogP contribution in [0.4, 0.5) is 13.2 Å². The van der Waals surface area contributed by atoms with Crippen LogP contribution in [0, 0.1) is 5.92 Å². The van der Waals surface area contributed by atoms with Crippen molar-refractivity contribution in [3.63, 3.8) is 0 Å². The molecule has 0 spiro atoms. The first-order valence-electron chi connectivity index (χ1n) is 12.4. The van der Waals surface area contributed by atoms with E-state index in [0.29, 0.717) is 25.1 Å². The number of piperidine rings is 1. The number of carbonyl (C=O) groups excluding carboxylic acids is 2. The molecule has 0 bridgehead atoms.